The highest BCUT2D eigenvalue weighted by Gasteiger charge is 2.21. The van der Waals surface area contributed by atoms with Gasteiger partial charge in [-0.25, -0.2) is 0 Å². The number of nitrogens with zero attached hydrogens (tertiary/aromatic N) is 3. The normalized spacial score (nSPS) is 18.1. The van der Waals surface area contributed by atoms with Gasteiger partial charge in [-0.2, -0.15) is 5.10 Å². The van der Waals surface area contributed by atoms with E-state index >= 15 is 0 Å². The highest BCUT2D eigenvalue weighted by atomic mass is 35.5. The van der Waals surface area contributed by atoms with Gasteiger partial charge in [-0.1, -0.05) is 11.6 Å². The molecule has 0 atom stereocenters. The quantitative estimate of drug-likeness (QED) is 0.900. The van der Waals surface area contributed by atoms with E-state index in [1.807, 2.05) is 21.0 Å². The van der Waals surface area contributed by atoms with Crippen LogP contribution in [-0.2, 0) is 13.6 Å². The molecule has 1 fully saturated rings. The van der Waals surface area contributed by atoms with Crippen LogP contribution in [0.5, 0.6) is 0 Å². The summed E-state index contributed by atoms with van der Waals surface area (Å²) in [5.41, 5.74) is 2.25. The lowest BCUT2D eigenvalue weighted by atomic mass is 9.93. The first-order valence-corrected chi connectivity index (χ1v) is 7.54. The molecule has 0 aromatic carbocycles. The van der Waals surface area contributed by atoms with Gasteiger partial charge in [0.05, 0.1) is 5.69 Å². The fourth-order valence-corrected chi connectivity index (χ4v) is 3.09. The summed E-state index contributed by atoms with van der Waals surface area (Å²) in [4.78, 5) is 2.51. The van der Waals surface area contributed by atoms with Crippen molar-refractivity contribution in [2.45, 2.75) is 32.7 Å². The highest BCUT2D eigenvalue weighted by Crippen LogP contribution is 2.25. The van der Waals surface area contributed by atoms with Crippen LogP contribution in [0.15, 0.2) is 0 Å². The van der Waals surface area contributed by atoms with Crippen LogP contribution in [0.2, 0.25) is 5.15 Å². The minimum atomic E-state index is 0.787. The van der Waals surface area contributed by atoms with Crippen molar-refractivity contribution in [2.75, 3.05) is 26.7 Å². The van der Waals surface area contributed by atoms with Crippen molar-refractivity contribution in [3.63, 3.8) is 0 Å². The third-order valence-electron chi connectivity index (χ3n) is 4.16. The van der Waals surface area contributed by atoms with Gasteiger partial charge >= 0.3 is 0 Å². The summed E-state index contributed by atoms with van der Waals surface area (Å²) in [6, 6.07) is 0. The molecular weight excluding hydrogens is 260 g/mol. The number of halogens is 1. The van der Waals surface area contributed by atoms with E-state index in [4.69, 9.17) is 11.6 Å². The van der Waals surface area contributed by atoms with Crippen LogP contribution in [-0.4, -0.2) is 41.4 Å². The first-order chi connectivity index (χ1) is 9.11. The summed E-state index contributed by atoms with van der Waals surface area (Å²) in [6.45, 7) is 6.48. The van der Waals surface area contributed by atoms with Crippen molar-refractivity contribution in [1.29, 1.82) is 0 Å². The molecule has 0 bridgehead atoms. The lowest BCUT2D eigenvalue weighted by molar-refractivity contribution is 0.172. The number of rotatable bonds is 5. The molecule has 0 aliphatic carbocycles. The molecule has 19 heavy (non-hydrogen) atoms. The van der Waals surface area contributed by atoms with Crippen LogP contribution >= 0.6 is 11.6 Å². The Bertz CT molecular complexity index is 408. The Morgan fingerprint density at radius 1 is 1.37 bits per heavy atom. The smallest absolute Gasteiger partial charge is 0.131 e. The molecule has 1 saturated heterocycles. The molecule has 1 aromatic rings. The molecule has 2 rings (SSSR count). The highest BCUT2D eigenvalue weighted by molar-refractivity contribution is 6.30. The molecule has 1 N–H and O–H groups in total. The third-order valence-corrected chi connectivity index (χ3v) is 4.63. The Labute approximate surface area is 121 Å². The maximum absolute atomic E-state index is 6.30. The van der Waals surface area contributed by atoms with E-state index in [1.165, 1.54) is 37.9 Å². The number of hydrogen-bond donors (Lipinski definition) is 1. The van der Waals surface area contributed by atoms with E-state index in [9.17, 15) is 0 Å². The average molecular weight is 285 g/mol. The van der Waals surface area contributed by atoms with Gasteiger partial charge in [0, 0.05) is 19.2 Å². The monoisotopic (exact) mass is 284 g/mol. The minimum Gasteiger partial charge on any atom is -0.320 e. The summed E-state index contributed by atoms with van der Waals surface area (Å²) in [5, 5.41) is 8.41. The zero-order valence-corrected chi connectivity index (χ0v) is 13.0. The van der Waals surface area contributed by atoms with Gasteiger partial charge in [-0.05, 0) is 58.8 Å². The summed E-state index contributed by atoms with van der Waals surface area (Å²) in [7, 11) is 3.94. The Morgan fingerprint density at radius 3 is 2.58 bits per heavy atom. The van der Waals surface area contributed by atoms with Crippen LogP contribution in [0.4, 0.5) is 0 Å². The van der Waals surface area contributed by atoms with Crippen LogP contribution in [0, 0.1) is 12.8 Å². The lowest BCUT2D eigenvalue weighted by Gasteiger charge is -2.31. The van der Waals surface area contributed by atoms with E-state index in [0.29, 0.717) is 0 Å². The van der Waals surface area contributed by atoms with Crippen molar-refractivity contribution in [3.05, 3.63) is 16.4 Å². The van der Waals surface area contributed by atoms with Gasteiger partial charge in [0.15, 0.2) is 0 Å². The molecule has 0 spiro atoms. The van der Waals surface area contributed by atoms with E-state index in [-0.39, 0.29) is 0 Å². The third kappa shape index (κ3) is 3.71. The molecule has 2 heterocycles. The minimum absolute atomic E-state index is 0.787. The molecule has 4 nitrogen and oxygen atoms in total. The van der Waals surface area contributed by atoms with Gasteiger partial charge in [0.25, 0.3) is 0 Å². The van der Waals surface area contributed by atoms with Crippen molar-refractivity contribution < 1.29 is 0 Å². The van der Waals surface area contributed by atoms with Crippen molar-refractivity contribution in [2.24, 2.45) is 13.0 Å². The molecule has 1 aromatic heterocycles. The Hall–Kier alpha value is -0.580. The predicted octanol–water partition coefficient (Wildman–Crippen LogP) is 2.20. The van der Waals surface area contributed by atoms with E-state index in [0.717, 1.165) is 29.9 Å². The fourth-order valence-electron chi connectivity index (χ4n) is 2.86. The molecule has 108 valence electrons. The molecule has 0 unspecified atom stereocenters. The Kier molecular flexibility index (Phi) is 5.25. The molecule has 0 radical (unpaired) electrons. The van der Waals surface area contributed by atoms with Gasteiger partial charge in [0.2, 0.25) is 0 Å². The number of piperidine rings is 1. The Balaban J connectivity index is 1.85. The average Bonchev–Trinajstić information content (AvgIpc) is 2.64. The lowest BCUT2D eigenvalue weighted by Crippen LogP contribution is -2.34. The number of aryl methyl sites for hydroxylation is 2. The predicted molar refractivity (Wildman–Crippen MR) is 79.5 cm³/mol. The Morgan fingerprint density at radius 2 is 2.05 bits per heavy atom. The standard InChI is InChI=1S/C14H25ClN4/c1-11-13(14(15)18(3)17-11)10-19-8-5-12(6-9-19)4-7-16-2/h12,16H,4-10H2,1-3H3. The summed E-state index contributed by atoms with van der Waals surface area (Å²) >= 11 is 6.30. The maximum atomic E-state index is 6.30. The second kappa shape index (κ2) is 6.73. The number of likely N-dealkylation sites (tertiary alicyclic amines) is 1. The van der Waals surface area contributed by atoms with Crippen LogP contribution in [0.25, 0.3) is 0 Å². The van der Waals surface area contributed by atoms with Crippen LogP contribution in [0.3, 0.4) is 0 Å². The van der Waals surface area contributed by atoms with Gasteiger partial charge < -0.3 is 5.32 Å². The zero-order valence-electron chi connectivity index (χ0n) is 12.2. The largest absolute Gasteiger partial charge is 0.320 e. The first kappa shape index (κ1) is 14.8. The number of aromatic nitrogens is 2. The number of hydrogen-bond acceptors (Lipinski definition) is 3. The van der Waals surface area contributed by atoms with Gasteiger partial charge in [-0.15, -0.1) is 0 Å². The summed E-state index contributed by atoms with van der Waals surface area (Å²) in [5.74, 6) is 0.883. The topological polar surface area (TPSA) is 33.1 Å². The second-order valence-electron chi connectivity index (χ2n) is 5.59. The summed E-state index contributed by atoms with van der Waals surface area (Å²) in [6.07, 6.45) is 3.91. The molecule has 0 amide bonds. The van der Waals surface area contributed by atoms with Crippen molar-refractivity contribution in [3.8, 4) is 0 Å². The number of nitrogens with one attached hydrogen (secondary N) is 1. The summed E-state index contributed by atoms with van der Waals surface area (Å²) < 4.78 is 1.77. The molecule has 1 aliphatic rings. The van der Waals surface area contributed by atoms with Crippen molar-refractivity contribution >= 4 is 11.6 Å². The fraction of sp³-hybridized carbons (Fsp3) is 0.786. The van der Waals surface area contributed by atoms with Crippen molar-refractivity contribution in [1.82, 2.24) is 20.0 Å². The molecule has 1 aliphatic heterocycles. The van der Waals surface area contributed by atoms with Gasteiger partial charge in [0.1, 0.15) is 5.15 Å². The van der Waals surface area contributed by atoms with Crippen LogP contribution in [0.1, 0.15) is 30.5 Å². The molecule has 0 saturated carbocycles. The van der Waals surface area contributed by atoms with E-state index in [1.54, 1.807) is 4.68 Å². The zero-order chi connectivity index (χ0) is 13.8. The van der Waals surface area contributed by atoms with E-state index < -0.39 is 0 Å². The van der Waals surface area contributed by atoms with Crippen LogP contribution < -0.4 is 5.32 Å². The molecule has 5 heteroatoms. The van der Waals surface area contributed by atoms with E-state index in [2.05, 4.69) is 15.3 Å². The first-order valence-electron chi connectivity index (χ1n) is 7.16. The SMILES string of the molecule is CNCCC1CCN(Cc2c(C)nn(C)c2Cl)CC1. The second-order valence-corrected chi connectivity index (χ2v) is 5.95. The molecular formula is C14H25ClN4. The maximum Gasteiger partial charge on any atom is 0.131 e. The van der Waals surface area contributed by atoms with Gasteiger partial charge in [-0.3, -0.25) is 9.58 Å².